The molecular formula is C23H29N2O3S+. The largest absolute Gasteiger partial charge is 0.462 e. The molecule has 4 rings (SSSR count). The Kier molecular flexibility index (Phi) is 6.01. The van der Waals surface area contributed by atoms with Gasteiger partial charge in [0.2, 0.25) is 0 Å². The average molecular weight is 414 g/mol. The number of rotatable bonds is 5. The second kappa shape index (κ2) is 8.67. The number of carbonyl (C=O) groups excluding carboxylic acids is 2. The van der Waals surface area contributed by atoms with Crippen molar-refractivity contribution in [1.82, 2.24) is 0 Å². The van der Waals surface area contributed by atoms with Gasteiger partial charge in [0.15, 0.2) is 6.54 Å². The monoisotopic (exact) mass is 413 g/mol. The number of ether oxygens (including phenoxy) is 1. The molecule has 1 unspecified atom stereocenters. The van der Waals surface area contributed by atoms with Gasteiger partial charge >= 0.3 is 5.97 Å². The average Bonchev–Trinajstić information content (AvgIpc) is 3.04. The van der Waals surface area contributed by atoms with Crippen molar-refractivity contribution in [2.75, 3.05) is 25.0 Å². The normalized spacial score (nSPS) is 20.5. The number of hydrogen-bond acceptors (Lipinski definition) is 4. The molecule has 0 spiro atoms. The SMILES string of the molecule is CCOC(=O)c1c(NC(=O)C[NH+]2CCc3ccccc3C2)sc2c1CC[C@@H](C)C2. The molecule has 2 N–H and O–H groups in total. The van der Waals surface area contributed by atoms with Crippen molar-refractivity contribution in [1.29, 1.82) is 0 Å². The van der Waals surface area contributed by atoms with E-state index >= 15 is 0 Å². The second-order valence-corrected chi connectivity index (χ2v) is 9.30. The van der Waals surface area contributed by atoms with Gasteiger partial charge in [0.05, 0.1) is 18.7 Å². The summed E-state index contributed by atoms with van der Waals surface area (Å²) in [6.07, 6.45) is 3.92. The summed E-state index contributed by atoms with van der Waals surface area (Å²) in [4.78, 5) is 27.9. The molecule has 1 amide bonds. The Morgan fingerprint density at radius 2 is 2.03 bits per heavy atom. The lowest BCUT2D eigenvalue weighted by Gasteiger charge is -2.25. The van der Waals surface area contributed by atoms with E-state index in [1.165, 1.54) is 20.9 Å². The minimum absolute atomic E-state index is 0.0309. The molecule has 2 heterocycles. The highest BCUT2D eigenvalue weighted by Gasteiger charge is 2.30. The van der Waals surface area contributed by atoms with Crippen LogP contribution >= 0.6 is 11.3 Å². The van der Waals surface area contributed by atoms with Crippen molar-refractivity contribution in [2.45, 2.75) is 46.1 Å². The molecule has 2 aromatic rings. The molecule has 0 fully saturated rings. The van der Waals surface area contributed by atoms with Gasteiger partial charge in [-0.05, 0) is 43.2 Å². The number of amides is 1. The highest BCUT2D eigenvalue weighted by Crippen LogP contribution is 2.40. The molecule has 5 nitrogen and oxygen atoms in total. The van der Waals surface area contributed by atoms with E-state index in [9.17, 15) is 9.59 Å². The molecule has 6 heteroatoms. The van der Waals surface area contributed by atoms with Crippen molar-refractivity contribution in [3.8, 4) is 0 Å². The number of esters is 1. The first-order valence-electron chi connectivity index (χ1n) is 10.6. The first-order chi connectivity index (χ1) is 14.0. The van der Waals surface area contributed by atoms with Crippen LogP contribution in [0.15, 0.2) is 24.3 Å². The molecule has 0 saturated heterocycles. The van der Waals surface area contributed by atoms with E-state index in [0.29, 0.717) is 29.6 Å². The number of hydrogen-bond donors (Lipinski definition) is 2. The van der Waals surface area contributed by atoms with Gasteiger partial charge in [0, 0.05) is 16.9 Å². The van der Waals surface area contributed by atoms with Gasteiger partial charge in [-0.1, -0.05) is 31.2 Å². The summed E-state index contributed by atoms with van der Waals surface area (Å²) in [7, 11) is 0. The zero-order chi connectivity index (χ0) is 20.4. The number of carbonyl (C=O) groups is 2. The van der Waals surface area contributed by atoms with Crippen LogP contribution in [0, 0.1) is 5.92 Å². The molecule has 2 atom stereocenters. The number of anilines is 1. The van der Waals surface area contributed by atoms with Crippen LogP contribution in [0.25, 0.3) is 0 Å². The van der Waals surface area contributed by atoms with Crippen LogP contribution < -0.4 is 10.2 Å². The Bertz CT molecular complexity index is 921. The zero-order valence-electron chi connectivity index (χ0n) is 17.2. The van der Waals surface area contributed by atoms with E-state index in [1.54, 1.807) is 11.3 Å². The number of benzene rings is 1. The highest BCUT2D eigenvalue weighted by molar-refractivity contribution is 7.17. The van der Waals surface area contributed by atoms with Gasteiger partial charge in [-0.15, -0.1) is 11.3 Å². The zero-order valence-corrected chi connectivity index (χ0v) is 18.0. The maximum Gasteiger partial charge on any atom is 0.341 e. The smallest absolute Gasteiger partial charge is 0.341 e. The number of fused-ring (bicyclic) bond motifs is 2. The first kappa shape index (κ1) is 20.1. The number of nitrogens with one attached hydrogen (secondary N) is 2. The van der Waals surface area contributed by atoms with Crippen LogP contribution in [0.4, 0.5) is 5.00 Å². The van der Waals surface area contributed by atoms with Gasteiger partial charge < -0.3 is 15.0 Å². The molecule has 29 heavy (non-hydrogen) atoms. The third-order valence-corrected chi connectivity index (χ3v) is 7.13. The molecule has 1 aliphatic carbocycles. The molecule has 0 saturated carbocycles. The van der Waals surface area contributed by atoms with Crippen LogP contribution in [0.3, 0.4) is 0 Å². The fraction of sp³-hybridized carbons (Fsp3) is 0.478. The molecule has 0 bridgehead atoms. The molecule has 0 radical (unpaired) electrons. The molecule has 1 aliphatic heterocycles. The summed E-state index contributed by atoms with van der Waals surface area (Å²) in [5.41, 5.74) is 4.39. The summed E-state index contributed by atoms with van der Waals surface area (Å²) in [6.45, 7) is 6.62. The molecule has 154 valence electrons. The highest BCUT2D eigenvalue weighted by atomic mass is 32.1. The Morgan fingerprint density at radius 1 is 1.24 bits per heavy atom. The Balaban J connectivity index is 1.48. The quantitative estimate of drug-likeness (QED) is 0.741. The fourth-order valence-corrected chi connectivity index (χ4v) is 5.86. The van der Waals surface area contributed by atoms with Crippen molar-refractivity contribution >= 4 is 28.2 Å². The minimum atomic E-state index is -0.311. The van der Waals surface area contributed by atoms with E-state index in [-0.39, 0.29) is 11.9 Å². The van der Waals surface area contributed by atoms with Crippen LogP contribution in [-0.4, -0.2) is 31.6 Å². The predicted molar refractivity (Wildman–Crippen MR) is 115 cm³/mol. The summed E-state index contributed by atoms with van der Waals surface area (Å²) in [5.74, 6) is 0.267. The summed E-state index contributed by atoms with van der Waals surface area (Å²) in [5, 5.41) is 3.72. The topological polar surface area (TPSA) is 59.8 Å². The predicted octanol–water partition coefficient (Wildman–Crippen LogP) is 2.63. The lowest BCUT2D eigenvalue weighted by Crippen LogP contribution is -3.12. The minimum Gasteiger partial charge on any atom is -0.462 e. The van der Waals surface area contributed by atoms with Crippen LogP contribution in [0.5, 0.6) is 0 Å². The van der Waals surface area contributed by atoms with Gasteiger partial charge in [0.25, 0.3) is 5.91 Å². The molecular weight excluding hydrogens is 384 g/mol. The third kappa shape index (κ3) is 4.38. The Morgan fingerprint density at radius 3 is 2.83 bits per heavy atom. The van der Waals surface area contributed by atoms with E-state index in [0.717, 1.165) is 44.3 Å². The Labute approximate surface area is 176 Å². The maximum absolute atomic E-state index is 12.8. The van der Waals surface area contributed by atoms with Gasteiger partial charge in [-0.3, -0.25) is 4.79 Å². The first-order valence-corrected chi connectivity index (χ1v) is 11.4. The second-order valence-electron chi connectivity index (χ2n) is 8.20. The van der Waals surface area contributed by atoms with E-state index in [2.05, 4.69) is 36.5 Å². The van der Waals surface area contributed by atoms with Crippen molar-refractivity contribution < 1.29 is 19.2 Å². The summed E-state index contributed by atoms with van der Waals surface area (Å²) < 4.78 is 5.30. The lowest BCUT2D eigenvalue weighted by molar-refractivity contribution is -0.907. The summed E-state index contributed by atoms with van der Waals surface area (Å²) >= 11 is 1.56. The molecule has 1 aromatic heterocycles. The van der Waals surface area contributed by atoms with Gasteiger partial charge in [0.1, 0.15) is 11.5 Å². The van der Waals surface area contributed by atoms with E-state index < -0.39 is 0 Å². The summed E-state index contributed by atoms with van der Waals surface area (Å²) in [6, 6.07) is 8.46. The van der Waals surface area contributed by atoms with Gasteiger partial charge in [-0.25, -0.2) is 4.79 Å². The molecule has 2 aliphatic rings. The fourth-order valence-electron chi connectivity index (χ4n) is 4.45. The maximum atomic E-state index is 12.8. The van der Waals surface area contributed by atoms with E-state index in [4.69, 9.17) is 4.74 Å². The van der Waals surface area contributed by atoms with Crippen molar-refractivity contribution in [3.63, 3.8) is 0 Å². The van der Waals surface area contributed by atoms with Crippen LogP contribution in [-0.2, 0) is 35.3 Å². The lowest BCUT2D eigenvalue weighted by atomic mass is 9.88. The van der Waals surface area contributed by atoms with Crippen LogP contribution in [0.1, 0.15) is 52.2 Å². The van der Waals surface area contributed by atoms with Crippen LogP contribution in [0.2, 0.25) is 0 Å². The van der Waals surface area contributed by atoms with Crippen molar-refractivity contribution in [3.05, 3.63) is 51.4 Å². The number of thiophene rings is 1. The van der Waals surface area contributed by atoms with Crippen molar-refractivity contribution in [2.24, 2.45) is 5.92 Å². The third-order valence-electron chi connectivity index (χ3n) is 5.96. The van der Waals surface area contributed by atoms with Gasteiger partial charge in [-0.2, -0.15) is 0 Å². The standard InChI is InChI=1S/C23H28N2O3S/c1-3-28-23(27)21-18-9-8-15(2)12-19(18)29-22(21)24-20(26)14-25-11-10-16-6-4-5-7-17(16)13-25/h4-7,15H,3,8-14H2,1-2H3,(H,24,26)/p+1/t15-/m1/s1. The number of quaternary nitrogens is 1. The molecule has 1 aromatic carbocycles. The van der Waals surface area contributed by atoms with E-state index in [1.807, 2.05) is 6.92 Å². The Hall–Kier alpha value is -2.18.